The van der Waals surface area contributed by atoms with Gasteiger partial charge in [0.05, 0.1) is 18.8 Å². The lowest BCUT2D eigenvalue weighted by Crippen LogP contribution is -2.24. The Bertz CT molecular complexity index is 490. The molecule has 0 unspecified atom stereocenters. The summed E-state index contributed by atoms with van der Waals surface area (Å²) in [5.41, 5.74) is 0.622. The Morgan fingerprint density at radius 1 is 1.43 bits per heavy atom. The molecule has 0 fully saturated rings. The Morgan fingerprint density at radius 2 is 2.05 bits per heavy atom. The van der Waals surface area contributed by atoms with Gasteiger partial charge in [0.25, 0.3) is 0 Å². The molecule has 1 aromatic rings. The maximum Gasteiger partial charge on any atom is 0.412 e. The Kier molecular flexibility index (Phi) is 5.90. The summed E-state index contributed by atoms with van der Waals surface area (Å²) in [5, 5.41) is 16.0. The number of rotatable bonds is 5. The van der Waals surface area contributed by atoms with E-state index in [1.54, 1.807) is 6.07 Å². The normalized spacial score (nSPS) is 12.3. The molecule has 8 heteroatoms. The first kappa shape index (κ1) is 18.1. The van der Waals surface area contributed by atoms with Gasteiger partial charge < -0.3 is 9.84 Å². The molecule has 1 heterocycles. The Hall–Kier alpha value is -0.980. The molecular formula is C13H21Cl2N3O3. The van der Waals surface area contributed by atoms with E-state index >= 15 is 0 Å². The SMILES string of the molecule is CC(Cl)(Cl)COC(=O)Nc1cc(C(C)(C)C)nn1CCO. The van der Waals surface area contributed by atoms with Crippen LogP contribution in [0.1, 0.15) is 33.4 Å². The molecule has 0 aliphatic carbocycles. The maximum absolute atomic E-state index is 11.7. The Balaban J connectivity index is 2.81. The van der Waals surface area contributed by atoms with Gasteiger partial charge in [0.2, 0.25) is 0 Å². The molecule has 0 saturated heterocycles. The van der Waals surface area contributed by atoms with Crippen LogP contribution in [-0.2, 0) is 16.7 Å². The van der Waals surface area contributed by atoms with Gasteiger partial charge in [0, 0.05) is 11.5 Å². The summed E-state index contributed by atoms with van der Waals surface area (Å²) in [6.07, 6.45) is -0.679. The van der Waals surface area contributed by atoms with Crippen LogP contribution in [0.5, 0.6) is 0 Å². The average Bonchev–Trinajstić information content (AvgIpc) is 2.69. The van der Waals surface area contributed by atoms with Gasteiger partial charge in [-0.1, -0.05) is 44.0 Å². The molecule has 0 saturated carbocycles. The molecule has 6 nitrogen and oxygen atoms in total. The minimum absolute atomic E-state index is 0.0869. The average molecular weight is 338 g/mol. The number of carbonyl (C=O) groups is 1. The second-order valence-electron chi connectivity index (χ2n) is 5.88. The molecule has 0 atom stereocenters. The third kappa shape index (κ3) is 6.11. The van der Waals surface area contributed by atoms with E-state index in [1.807, 2.05) is 20.8 Å². The molecule has 21 heavy (non-hydrogen) atoms. The first-order valence-corrected chi connectivity index (χ1v) is 7.29. The smallest absolute Gasteiger partial charge is 0.412 e. The summed E-state index contributed by atoms with van der Waals surface area (Å²) < 4.78 is 5.30. The fraction of sp³-hybridized carbons (Fsp3) is 0.692. The van der Waals surface area contributed by atoms with Crippen molar-refractivity contribution < 1.29 is 14.6 Å². The number of anilines is 1. The van der Waals surface area contributed by atoms with E-state index in [4.69, 9.17) is 33.0 Å². The minimum atomic E-state index is -1.14. The van der Waals surface area contributed by atoms with Crippen LogP contribution in [0, 0.1) is 0 Å². The second-order valence-corrected chi connectivity index (χ2v) is 7.74. The van der Waals surface area contributed by atoms with Gasteiger partial charge in [-0.2, -0.15) is 5.10 Å². The van der Waals surface area contributed by atoms with Crippen LogP contribution in [0.4, 0.5) is 10.6 Å². The van der Waals surface area contributed by atoms with E-state index in [0.29, 0.717) is 5.82 Å². The molecule has 1 rings (SSSR count). The standard InChI is InChI=1S/C13H21Cl2N3O3/c1-12(2,3)9-7-10(18(17-9)5-6-19)16-11(20)21-8-13(4,14)15/h7,19H,5-6,8H2,1-4H3,(H,16,20). The molecule has 0 radical (unpaired) electrons. The summed E-state index contributed by atoms with van der Waals surface area (Å²) in [6.45, 7) is 7.59. The van der Waals surface area contributed by atoms with Crippen molar-refractivity contribution in [1.29, 1.82) is 0 Å². The number of carbonyl (C=O) groups excluding carboxylic acids is 1. The lowest BCUT2D eigenvalue weighted by atomic mass is 9.92. The van der Waals surface area contributed by atoms with Crippen molar-refractivity contribution in [3.63, 3.8) is 0 Å². The predicted octanol–water partition coefficient (Wildman–Crippen LogP) is 2.92. The molecule has 0 aliphatic heterocycles. The van der Waals surface area contributed by atoms with Crippen LogP contribution in [0.15, 0.2) is 6.07 Å². The van der Waals surface area contributed by atoms with Crippen molar-refractivity contribution in [2.24, 2.45) is 0 Å². The maximum atomic E-state index is 11.7. The molecule has 0 aromatic carbocycles. The Labute approximate surface area is 134 Å². The number of aromatic nitrogens is 2. The summed E-state index contributed by atoms with van der Waals surface area (Å²) in [7, 11) is 0. The largest absolute Gasteiger partial charge is 0.446 e. The first-order valence-electron chi connectivity index (χ1n) is 6.54. The van der Waals surface area contributed by atoms with E-state index in [-0.39, 0.29) is 25.2 Å². The van der Waals surface area contributed by atoms with Gasteiger partial charge in [0.1, 0.15) is 16.8 Å². The number of halogens is 2. The van der Waals surface area contributed by atoms with Crippen LogP contribution >= 0.6 is 23.2 Å². The molecule has 2 N–H and O–H groups in total. The summed E-state index contributed by atoms with van der Waals surface area (Å²) in [5.74, 6) is 0.449. The van der Waals surface area contributed by atoms with E-state index < -0.39 is 10.4 Å². The van der Waals surface area contributed by atoms with Gasteiger partial charge in [-0.05, 0) is 6.92 Å². The summed E-state index contributed by atoms with van der Waals surface area (Å²) >= 11 is 11.5. The lowest BCUT2D eigenvalue weighted by molar-refractivity contribution is 0.159. The molecular weight excluding hydrogens is 317 g/mol. The molecule has 0 spiro atoms. The fourth-order valence-corrected chi connectivity index (χ4v) is 1.59. The summed E-state index contributed by atoms with van der Waals surface area (Å²) in [4.78, 5) is 11.7. The number of ether oxygens (including phenoxy) is 1. The predicted molar refractivity (Wildman–Crippen MR) is 83.1 cm³/mol. The third-order valence-electron chi connectivity index (χ3n) is 2.55. The Morgan fingerprint density at radius 3 is 2.52 bits per heavy atom. The monoisotopic (exact) mass is 337 g/mol. The number of hydrogen-bond acceptors (Lipinski definition) is 4. The number of hydrogen-bond donors (Lipinski definition) is 2. The zero-order valence-corrected chi connectivity index (χ0v) is 14.1. The molecule has 0 bridgehead atoms. The van der Waals surface area contributed by atoms with Crippen LogP contribution in [0.3, 0.4) is 0 Å². The zero-order valence-electron chi connectivity index (χ0n) is 12.6. The minimum Gasteiger partial charge on any atom is -0.446 e. The molecule has 1 amide bonds. The number of amides is 1. The number of alkyl halides is 2. The van der Waals surface area contributed by atoms with E-state index in [0.717, 1.165) is 5.69 Å². The van der Waals surface area contributed by atoms with Crippen molar-refractivity contribution in [3.8, 4) is 0 Å². The molecule has 120 valence electrons. The number of nitrogens with one attached hydrogen (secondary N) is 1. The highest BCUT2D eigenvalue weighted by molar-refractivity contribution is 6.48. The summed E-state index contributed by atoms with van der Waals surface area (Å²) in [6, 6.07) is 1.75. The zero-order chi connectivity index (χ0) is 16.3. The van der Waals surface area contributed by atoms with Gasteiger partial charge in [-0.15, -0.1) is 0 Å². The van der Waals surface area contributed by atoms with Crippen molar-refractivity contribution in [1.82, 2.24) is 9.78 Å². The molecule has 0 aliphatic rings. The van der Waals surface area contributed by atoms with Gasteiger partial charge in [-0.3, -0.25) is 5.32 Å². The van der Waals surface area contributed by atoms with Crippen LogP contribution in [0.2, 0.25) is 0 Å². The van der Waals surface area contributed by atoms with Crippen molar-refractivity contribution >= 4 is 35.1 Å². The number of aliphatic hydroxyl groups is 1. The number of aliphatic hydroxyl groups excluding tert-OH is 1. The third-order valence-corrected chi connectivity index (χ3v) is 2.77. The van der Waals surface area contributed by atoms with Crippen LogP contribution in [-0.4, -0.2) is 38.5 Å². The fourth-order valence-electron chi connectivity index (χ4n) is 1.48. The van der Waals surface area contributed by atoms with E-state index in [1.165, 1.54) is 11.6 Å². The highest BCUT2D eigenvalue weighted by atomic mass is 35.5. The number of nitrogens with zero attached hydrogens (tertiary/aromatic N) is 2. The van der Waals surface area contributed by atoms with E-state index in [2.05, 4.69) is 10.4 Å². The van der Waals surface area contributed by atoms with Gasteiger partial charge in [0.15, 0.2) is 0 Å². The van der Waals surface area contributed by atoms with E-state index in [9.17, 15) is 4.79 Å². The van der Waals surface area contributed by atoms with Gasteiger partial charge >= 0.3 is 6.09 Å². The van der Waals surface area contributed by atoms with Crippen LogP contribution < -0.4 is 5.32 Å². The van der Waals surface area contributed by atoms with Gasteiger partial charge in [-0.25, -0.2) is 9.48 Å². The van der Waals surface area contributed by atoms with Crippen LogP contribution in [0.25, 0.3) is 0 Å². The molecule has 1 aromatic heterocycles. The van der Waals surface area contributed by atoms with Crippen molar-refractivity contribution in [2.45, 2.75) is 44.0 Å². The lowest BCUT2D eigenvalue weighted by Gasteiger charge is -2.14. The quantitative estimate of drug-likeness (QED) is 0.810. The van der Waals surface area contributed by atoms with Crippen molar-refractivity contribution in [3.05, 3.63) is 11.8 Å². The highest BCUT2D eigenvalue weighted by Gasteiger charge is 2.22. The van der Waals surface area contributed by atoms with Crippen molar-refractivity contribution in [2.75, 3.05) is 18.5 Å². The topological polar surface area (TPSA) is 76.4 Å². The first-order chi connectivity index (χ1) is 9.53. The highest BCUT2D eigenvalue weighted by Crippen LogP contribution is 2.24. The second kappa shape index (κ2) is 6.85.